The molecule has 2 aromatic heterocycles. The topological polar surface area (TPSA) is 87.7 Å². The zero-order chi connectivity index (χ0) is 13.3. The fourth-order valence-corrected chi connectivity index (χ4v) is 3.81. The van der Waals surface area contributed by atoms with E-state index < -0.39 is 10.0 Å². The molecule has 6 nitrogen and oxygen atoms in total. The van der Waals surface area contributed by atoms with Crippen molar-refractivity contribution in [3.63, 3.8) is 0 Å². The molecule has 18 heavy (non-hydrogen) atoms. The summed E-state index contributed by atoms with van der Waals surface area (Å²) in [5.74, 6) is 0. The van der Waals surface area contributed by atoms with Gasteiger partial charge in [-0.2, -0.15) is 0 Å². The van der Waals surface area contributed by atoms with E-state index in [1.807, 2.05) is 13.8 Å². The molecule has 0 saturated heterocycles. The summed E-state index contributed by atoms with van der Waals surface area (Å²) in [4.78, 5) is 11.5. The molecular formula is C10H14N4O2S2. The number of hydrogen-bond donors (Lipinski definition) is 2. The van der Waals surface area contributed by atoms with E-state index in [1.165, 1.54) is 23.9 Å². The number of aryl methyl sites for hydroxylation is 2. The van der Waals surface area contributed by atoms with E-state index >= 15 is 0 Å². The molecule has 1 atom stereocenters. The van der Waals surface area contributed by atoms with Gasteiger partial charge in [-0.1, -0.05) is 0 Å². The first kappa shape index (κ1) is 13.2. The number of nitrogens with zero attached hydrogens (tertiary/aromatic N) is 2. The molecule has 0 aromatic carbocycles. The van der Waals surface area contributed by atoms with Crippen LogP contribution in [-0.4, -0.2) is 23.4 Å². The van der Waals surface area contributed by atoms with E-state index in [4.69, 9.17) is 0 Å². The van der Waals surface area contributed by atoms with Crippen molar-refractivity contribution in [2.45, 2.75) is 31.8 Å². The second kappa shape index (κ2) is 4.79. The van der Waals surface area contributed by atoms with Crippen molar-refractivity contribution in [3.05, 3.63) is 28.1 Å². The lowest BCUT2D eigenvalue weighted by atomic mass is 10.2. The van der Waals surface area contributed by atoms with Crippen molar-refractivity contribution in [3.8, 4) is 0 Å². The second-order valence-electron chi connectivity index (χ2n) is 3.94. The highest BCUT2D eigenvalue weighted by atomic mass is 32.2. The summed E-state index contributed by atoms with van der Waals surface area (Å²) in [5, 5.41) is 0.989. The first-order valence-corrected chi connectivity index (χ1v) is 7.65. The van der Waals surface area contributed by atoms with Crippen molar-refractivity contribution in [2.24, 2.45) is 0 Å². The fraction of sp³-hybridized carbons (Fsp3) is 0.400. The van der Waals surface area contributed by atoms with Gasteiger partial charge in [0.1, 0.15) is 0 Å². The summed E-state index contributed by atoms with van der Waals surface area (Å²) < 4.78 is 26.6. The molecule has 0 saturated carbocycles. The highest BCUT2D eigenvalue weighted by molar-refractivity contribution is 7.89. The first-order valence-electron chi connectivity index (χ1n) is 5.35. The summed E-state index contributed by atoms with van der Waals surface area (Å²) >= 11 is 1.50. The summed E-state index contributed by atoms with van der Waals surface area (Å²) in [7, 11) is -3.56. The second-order valence-corrected chi connectivity index (χ2v) is 6.86. The highest BCUT2D eigenvalue weighted by Crippen LogP contribution is 2.25. The minimum Gasteiger partial charge on any atom is -0.335 e. The Morgan fingerprint density at radius 2 is 2.17 bits per heavy atom. The number of nitrogens with one attached hydrogen (secondary N) is 2. The zero-order valence-corrected chi connectivity index (χ0v) is 11.9. The van der Waals surface area contributed by atoms with Crippen LogP contribution in [0.15, 0.2) is 17.6 Å². The smallest absolute Gasteiger partial charge is 0.258 e. The van der Waals surface area contributed by atoms with Crippen LogP contribution in [0.3, 0.4) is 0 Å². The van der Waals surface area contributed by atoms with Crippen LogP contribution in [-0.2, 0) is 10.0 Å². The Morgan fingerprint density at radius 3 is 2.67 bits per heavy atom. The predicted molar refractivity (Wildman–Crippen MR) is 68.9 cm³/mol. The molecule has 2 heterocycles. The standard InChI is InChI=1S/C10H14N4O2S2/c1-6-10(17-8(3)13-6)7(2)14-18(15,16)9-4-11-5-12-9/h4-5,7,14H,1-3H3,(H,11,12). The van der Waals surface area contributed by atoms with E-state index in [1.54, 1.807) is 6.92 Å². The maximum Gasteiger partial charge on any atom is 0.258 e. The van der Waals surface area contributed by atoms with Gasteiger partial charge in [0.15, 0.2) is 5.03 Å². The third-order valence-corrected chi connectivity index (χ3v) is 5.15. The molecular weight excluding hydrogens is 272 g/mol. The van der Waals surface area contributed by atoms with Crippen molar-refractivity contribution >= 4 is 21.4 Å². The van der Waals surface area contributed by atoms with Gasteiger partial charge in [0, 0.05) is 4.88 Å². The third kappa shape index (κ3) is 2.60. The molecule has 1 unspecified atom stereocenters. The minimum absolute atomic E-state index is 0.0632. The van der Waals surface area contributed by atoms with Crippen LogP contribution in [0, 0.1) is 13.8 Å². The average Bonchev–Trinajstić information content (AvgIpc) is 2.86. The molecule has 8 heteroatoms. The van der Waals surface area contributed by atoms with Crippen LogP contribution >= 0.6 is 11.3 Å². The van der Waals surface area contributed by atoms with Gasteiger partial charge in [0.25, 0.3) is 10.0 Å². The highest BCUT2D eigenvalue weighted by Gasteiger charge is 2.22. The van der Waals surface area contributed by atoms with Crippen LogP contribution in [0.4, 0.5) is 0 Å². The Labute approximate surface area is 110 Å². The lowest BCUT2D eigenvalue weighted by molar-refractivity contribution is 0.565. The van der Waals surface area contributed by atoms with Crippen LogP contribution in [0.5, 0.6) is 0 Å². The summed E-state index contributed by atoms with van der Waals surface area (Å²) in [6.07, 6.45) is 2.61. The molecule has 0 aliphatic rings. The largest absolute Gasteiger partial charge is 0.335 e. The maximum absolute atomic E-state index is 12.0. The molecule has 0 radical (unpaired) electrons. The van der Waals surface area contributed by atoms with Gasteiger partial charge in [-0.15, -0.1) is 11.3 Å². The van der Waals surface area contributed by atoms with Crippen molar-refractivity contribution < 1.29 is 8.42 Å². The van der Waals surface area contributed by atoms with E-state index in [-0.39, 0.29) is 11.1 Å². The van der Waals surface area contributed by atoms with Gasteiger partial charge < -0.3 is 4.98 Å². The molecule has 0 spiro atoms. The van der Waals surface area contributed by atoms with Crippen LogP contribution in [0.25, 0.3) is 0 Å². The first-order chi connectivity index (χ1) is 8.40. The van der Waals surface area contributed by atoms with Gasteiger partial charge in [-0.3, -0.25) is 0 Å². The van der Waals surface area contributed by atoms with E-state index in [0.29, 0.717) is 0 Å². The Kier molecular flexibility index (Phi) is 3.51. The molecule has 0 bridgehead atoms. The fourth-order valence-electron chi connectivity index (χ4n) is 1.69. The summed E-state index contributed by atoms with van der Waals surface area (Å²) in [6, 6.07) is -0.315. The lowest BCUT2D eigenvalue weighted by Crippen LogP contribution is -2.27. The summed E-state index contributed by atoms with van der Waals surface area (Å²) in [6.45, 7) is 5.57. The molecule has 0 aliphatic carbocycles. The number of rotatable bonds is 4. The van der Waals surface area contributed by atoms with Crippen molar-refractivity contribution in [2.75, 3.05) is 0 Å². The van der Waals surface area contributed by atoms with Crippen LogP contribution in [0.1, 0.15) is 28.5 Å². The summed E-state index contributed by atoms with van der Waals surface area (Å²) in [5.41, 5.74) is 0.859. The van der Waals surface area contributed by atoms with Crippen LogP contribution < -0.4 is 4.72 Å². The van der Waals surface area contributed by atoms with E-state index in [2.05, 4.69) is 19.7 Å². The number of sulfonamides is 1. The zero-order valence-electron chi connectivity index (χ0n) is 10.3. The van der Waals surface area contributed by atoms with Gasteiger partial charge >= 0.3 is 0 Å². The number of imidazole rings is 1. The van der Waals surface area contributed by atoms with Gasteiger partial charge in [0.2, 0.25) is 0 Å². The number of thiazole rings is 1. The van der Waals surface area contributed by atoms with E-state index in [9.17, 15) is 8.42 Å². The van der Waals surface area contributed by atoms with Gasteiger partial charge in [0.05, 0.1) is 29.3 Å². The number of H-pyrrole nitrogens is 1. The molecule has 2 N–H and O–H groups in total. The molecule has 2 aromatic rings. The molecule has 0 fully saturated rings. The molecule has 2 rings (SSSR count). The third-order valence-electron chi connectivity index (χ3n) is 2.43. The van der Waals surface area contributed by atoms with Gasteiger partial charge in [-0.25, -0.2) is 23.1 Å². The minimum atomic E-state index is -3.56. The van der Waals surface area contributed by atoms with Crippen molar-refractivity contribution in [1.29, 1.82) is 0 Å². The average molecular weight is 286 g/mol. The molecule has 98 valence electrons. The van der Waals surface area contributed by atoms with Gasteiger partial charge in [-0.05, 0) is 20.8 Å². The number of aromatic amines is 1. The Balaban J connectivity index is 2.22. The van der Waals surface area contributed by atoms with Crippen molar-refractivity contribution in [1.82, 2.24) is 19.7 Å². The SMILES string of the molecule is Cc1nc(C)c(C(C)NS(=O)(=O)c2cnc[nH]2)s1. The normalized spacial score (nSPS) is 13.7. The number of aromatic nitrogens is 3. The molecule has 0 amide bonds. The molecule has 0 aliphatic heterocycles. The van der Waals surface area contributed by atoms with Crippen LogP contribution in [0.2, 0.25) is 0 Å². The quantitative estimate of drug-likeness (QED) is 0.892. The Morgan fingerprint density at radius 1 is 1.44 bits per heavy atom. The number of hydrogen-bond acceptors (Lipinski definition) is 5. The lowest BCUT2D eigenvalue weighted by Gasteiger charge is -2.12. The Bertz CT molecular complexity index is 631. The van der Waals surface area contributed by atoms with E-state index in [0.717, 1.165) is 15.6 Å². The Hall–Kier alpha value is -1.25. The predicted octanol–water partition coefficient (Wildman–Crippen LogP) is 1.52. The monoisotopic (exact) mass is 286 g/mol. The maximum atomic E-state index is 12.0.